The van der Waals surface area contributed by atoms with Gasteiger partial charge >= 0.3 is 0 Å². The molecule has 1 N–H and O–H groups in total. The number of aromatic nitrogens is 2. The van der Waals surface area contributed by atoms with Gasteiger partial charge in [-0.2, -0.15) is 5.26 Å². The van der Waals surface area contributed by atoms with Gasteiger partial charge in [0.15, 0.2) is 5.16 Å². The molecular weight excluding hydrogens is 276 g/mol. The van der Waals surface area contributed by atoms with Gasteiger partial charge in [0.25, 0.3) is 5.56 Å². The molecule has 1 aromatic carbocycles. The van der Waals surface area contributed by atoms with Crippen molar-refractivity contribution in [2.24, 2.45) is 5.11 Å². The van der Waals surface area contributed by atoms with Crippen molar-refractivity contribution in [3.63, 3.8) is 0 Å². The second kappa shape index (κ2) is 5.93. The van der Waals surface area contributed by atoms with Crippen LogP contribution in [0.15, 0.2) is 39.3 Å². The summed E-state index contributed by atoms with van der Waals surface area (Å²) in [6.07, 6.45) is 1.76. The van der Waals surface area contributed by atoms with Crippen molar-refractivity contribution in [1.82, 2.24) is 9.97 Å². The Balaban J connectivity index is 2.82. The normalized spacial score (nSPS) is 9.60. The van der Waals surface area contributed by atoms with Crippen molar-refractivity contribution < 1.29 is 0 Å². The number of nitriles is 1. The van der Waals surface area contributed by atoms with Crippen LogP contribution < -0.4 is 5.56 Å². The Morgan fingerprint density at radius 2 is 2.25 bits per heavy atom. The van der Waals surface area contributed by atoms with Crippen LogP contribution in [0.4, 0.5) is 5.69 Å². The summed E-state index contributed by atoms with van der Waals surface area (Å²) in [4.78, 5) is 21.3. The molecule has 0 atom stereocenters. The molecule has 0 bridgehead atoms. The van der Waals surface area contributed by atoms with Gasteiger partial charge in [0, 0.05) is 16.2 Å². The molecule has 0 aliphatic heterocycles. The molecule has 2 aromatic rings. The smallest absolute Gasteiger partial charge is 0.270 e. The number of H-pyrrole nitrogens is 1. The van der Waals surface area contributed by atoms with E-state index in [1.807, 2.05) is 6.07 Å². The molecular formula is C12H8N6OS. The summed E-state index contributed by atoms with van der Waals surface area (Å²) < 4.78 is 0. The summed E-state index contributed by atoms with van der Waals surface area (Å²) >= 11 is 1.25. The van der Waals surface area contributed by atoms with E-state index in [2.05, 4.69) is 20.0 Å². The number of rotatable bonds is 3. The lowest BCUT2D eigenvalue weighted by molar-refractivity contribution is 0.937. The van der Waals surface area contributed by atoms with Gasteiger partial charge in [-0.1, -0.05) is 41.1 Å². The Hall–Kier alpha value is -2.75. The molecule has 98 valence electrons. The monoisotopic (exact) mass is 284 g/mol. The molecule has 2 rings (SSSR count). The van der Waals surface area contributed by atoms with Gasteiger partial charge in [-0.15, -0.1) is 0 Å². The minimum Gasteiger partial charge on any atom is -0.300 e. The lowest BCUT2D eigenvalue weighted by Gasteiger charge is -2.07. The molecule has 0 saturated heterocycles. The van der Waals surface area contributed by atoms with Crippen molar-refractivity contribution in [3.05, 3.63) is 50.6 Å². The molecule has 0 fully saturated rings. The third-order valence-corrected chi connectivity index (χ3v) is 3.09. The summed E-state index contributed by atoms with van der Waals surface area (Å²) in [7, 11) is 0. The zero-order chi connectivity index (χ0) is 14.5. The highest BCUT2D eigenvalue weighted by Gasteiger charge is 2.15. The van der Waals surface area contributed by atoms with Crippen molar-refractivity contribution in [2.75, 3.05) is 6.26 Å². The van der Waals surface area contributed by atoms with Gasteiger partial charge < -0.3 is 4.98 Å². The van der Waals surface area contributed by atoms with Gasteiger partial charge in [-0.05, 0) is 11.8 Å². The van der Waals surface area contributed by atoms with Crippen LogP contribution in [-0.2, 0) is 0 Å². The third-order valence-electron chi connectivity index (χ3n) is 2.51. The first-order chi connectivity index (χ1) is 9.71. The summed E-state index contributed by atoms with van der Waals surface area (Å²) in [5.41, 5.74) is 8.93. The maximum absolute atomic E-state index is 11.9. The van der Waals surface area contributed by atoms with Crippen LogP contribution >= 0.6 is 11.8 Å². The predicted molar refractivity (Wildman–Crippen MR) is 75.6 cm³/mol. The molecule has 0 spiro atoms. The SMILES string of the molecule is CSc1nc(-c2ccccc2N=[N+]=[N-])c(C#N)c(=O)[nH]1. The highest BCUT2D eigenvalue weighted by atomic mass is 32.2. The van der Waals surface area contributed by atoms with Gasteiger partial charge in [0.2, 0.25) is 0 Å². The van der Waals surface area contributed by atoms with Crippen molar-refractivity contribution in [2.45, 2.75) is 5.16 Å². The van der Waals surface area contributed by atoms with Crippen LogP contribution in [0.5, 0.6) is 0 Å². The van der Waals surface area contributed by atoms with E-state index in [0.717, 1.165) is 0 Å². The minimum absolute atomic E-state index is 0.108. The van der Waals surface area contributed by atoms with Gasteiger partial charge in [-0.3, -0.25) is 4.79 Å². The molecule has 0 radical (unpaired) electrons. The third kappa shape index (κ3) is 2.49. The maximum atomic E-state index is 11.9. The molecule has 0 saturated carbocycles. The highest BCUT2D eigenvalue weighted by molar-refractivity contribution is 7.98. The highest BCUT2D eigenvalue weighted by Crippen LogP contribution is 2.30. The summed E-state index contributed by atoms with van der Waals surface area (Å²) in [5.74, 6) is 0. The number of nitrogens with one attached hydrogen (secondary N) is 1. The van der Waals surface area contributed by atoms with E-state index in [9.17, 15) is 4.79 Å². The van der Waals surface area contributed by atoms with Crippen LogP contribution in [0.3, 0.4) is 0 Å². The van der Waals surface area contributed by atoms with Crippen molar-refractivity contribution >= 4 is 17.4 Å². The van der Waals surface area contributed by atoms with E-state index in [1.54, 1.807) is 30.5 Å². The van der Waals surface area contributed by atoms with Crippen LogP contribution in [0.1, 0.15) is 5.56 Å². The first-order valence-electron chi connectivity index (χ1n) is 5.44. The van der Waals surface area contributed by atoms with Crippen LogP contribution in [0.2, 0.25) is 0 Å². The number of hydrogen-bond acceptors (Lipinski definition) is 5. The second-order valence-electron chi connectivity index (χ2n) is 3.62. The lowest BCUT2D eigenvalue weighted by atomic mass is 10.1. The molecule has 0 amide bonds. The van der Waals surface area contributed by atoms with Crippen LogP contribution in [0, 0.1) is 11.3 Å². The first kappa shape index (κ1) is 13.7. The van der Waals surface area contributed by atoms with Crippen molar-refractivity contribution in [3.8, 4) is 17.3 Å². The fourth-order valence-electron chi connectivity index (χ4n) is 1.66. The Bertz CT molecular complexity index is 800. The topological polar surface area (TPSA) is 118 Å². The van der Waals surface area contributed by atoms with Crippen LogP contribution in [0.25, 0.3) is 21.7 Å². The Morgan fingerprint density at radius 1 is 1.50 bits per heavy atom. The first-order valence-corrected chi connectivity index (χ1v) is 6.66. The quantitative estimate of drug-likeness (QED) is 0.306. The number of benzene rings is 1. The summed E-state index contributed by atoms with van der Waals surface area (Å²) in [6.45, 7) is 0. The number of hydrogen-bond donors (Lipinski definition) is 1. The number of azide groups is 1. The van der Waals surface area contributed by atoms with E-state index in [4.69, 9.17) is 10.8 Å². The number of aromatic amines is 1. The fraction of sp³-hybridized carbons (Fsp3) is 0.0833. The molecule has 8 heteroatoms. The summed E-state index contributed by atoms with van der Waals surface area (Å²) in [6, 6.07) is 8.49. The van der Waals surface area contributed by atoms with E-state index in [1.165, 1.54) is 11.8 Å². The standard InChI is InChI=1S/C12H8N6OS/c1-20-12-15-10(8(6-13)11(19)16-12)7-4-2-3-5-9(7)17-18-14/h2-5H,1H3,(H,15,16,19). The molecule has 1 heterocycles. The van der Waals surface area contributed by atoms with E-state index in [-0.39, 0.29) is 11.3 Å². The lowest BCUT2D eigenvalue weighted by Crippen LogP contribution is -2.14. The minimum atomic E-state index is -0.516. The van der Waals surface area contributed by atoms with Crippen molar-refractivity contribution in [1.29, 1.82) is 5.26 Å². The number of thioether (sulfide) groups is 1. The molecule has 1 aromatic heterocycles. The molecule has 7 nitrogen and oxygen atoms in total. The Kier molecular flexibility index (Phi) is 4.05. The molecule has 0 aliphatic carbocycles. The van der Waals surface area contributed by atoms with E-state index < -0.39 is 5.56 Å². The Morgan fingerprint density at radius 3 is 2.90 bits per heavy atom. The zero-order valence-electron chi connectivity index (χ0n) is 10.4. The zero-order valence-corrected chi connectivity index (χ0v) is 11.2. The molecule has 0 unspecified atom stereocenters. The van der Waals surface area contributed by atoms with Gasteiger partial charge in [-0.25, -0.2) is 4.98 Å². The largest absolute Gasteiger partial charge is 0.300 e. The second-order valence-corrected chi connectivity index (χ2v) is 4.41. The average Bonchev–Trinajstić information content (AvgIpc) is 2.47. The maximum Gasteiger partial charge on any atom is 0.270 e. The Labute approximate surface area is 117 Å². The number of nitrogens with zero attached hydrogens (tertiary/aromatic N) is 5. The average molecular weight is 284 g/mol. The molecule has 20 heavy (non-hydrogen) atoms. The van der Waals surface area contributed by atoms with Crippen LogP contribution in [-0.4, -0.2) is 16.2 Å². The van der Waals surface area contributed by atoms with E-state index in [0.29, 0.717) is 16.4 Å². The molecule has 0 aliphatic rings. The predicted octanol–water partition coefficient (Wildman–Crippen LogP) is 2.97. The van der Waals surface area contributed by atoms with Gasteiger partial charge in [0.1, 0.15) is 11.6 Å². The van der Waals surface area contributed by atoms with Gasteiger partial charge in [0.05, 0.1) is 5.69 Å². The fourth-order valence-corrected chi connectivity index (χ4v) is 2.03. The summed E-state index contributed by atoms with van der Waals surface area (Å²) in [5, 5.41) is 13.1. The van der Waals surface area contributed by atoms with E-state index >= 15 is 0 Å².